The van der Waals surface area contributed by atoms with Crippen molar-refractivity contribution in [2.24, 2.45) is 0 Å². The zero-order valence-electron chi connectivity index (χ0n) is 12.5. The van der Waals surface area contributed by atoms with E-state index in [1.54, 1.807) is 12.1 Å². The first kappa shape index (κ1) is 15.1. The Labute approximate surface area is 121 Å². The Morgan fingerprint density at radius 3 is 2.95 bits per heavy atom. The fourth-order valence-corrected chi connectivity index (χ4v) is 2.83. The van der Waals surface area contributed by atoms with E-state index in [0.29, 0.717) is 11.8 Å². The first-order chi connectivity index (χ1) is 9.72. The Balaban J connectivity index is 1.93. The minimum absolute atomic E-state index is 0.302. The highest BCUT2D eigenvalue weighted by atomic mass is 19.1. The highest BCUT2D eigenvalue weighted by Gasteiger charge is 2.16. The zero-order valence-corrected chi connectivity index (χ0v) is 12.5. The van der Waals surface area contributed by atoms with E-state index in [0.717, 1.165) is 18.7 Å². The number of likely N-dealkylation sites (tertiary alicyclic amines) is 1. The molecule has 4 heteroatoms. The number of methoxy groups -OCH3 is 1. The molecule has 0 spiro atoms. The molecule has 0 amide bonds. The van der Waals surface area contributed by atoms with Gasteiger partial charge in [-0.25, -0.2) is 4.39 Å². The summed E-state index contributed by atoms with van der Waals surface area (Å²) in [5.74, 6) is -0.00994. The maximum Gasteiger partial charge on any atom is 0.165 e. The average molecular weight is 280 g/mol. The van der Waals surface area contributed by atoms with Gasteiger partial charge < -0.3 is 15.0 Å². The van der Waals surface area contributed by atoms with Gasteiger partial charge in [-0.3, -0.25) is 0 Å². The first-order valence-electron chi connectivity index (χ1n) is 7.55. The van der Waals surface area contributed by atoms with Crippen LogP contribution < -0.4 is 10.1 Å². The van der Waals surface area contributed by atoms with Gasteiger partial charge in [0.1, 0.15) is 0 Å². The third-order valence-electron chi connectivity index (χ3n) is 3.88. The quantitative estimate of drug-likeness (QED) is 0.893. The molecular weight excluding hydrogens is 255 g/mol. The highest BCUT2D eigenvalue weighted by molar-refractivity contribution is 5.49. The largest absolute Gasteiger partial charge is 0.494 e. The van der Waals surface area contributed by atoms with Crippen LogP contribution in [-0.2, 0) is 0 Å². The number of nitrogens with zero attached hydrogens (tertiary/aromatic N) is 1. The number of rotatable bonds is 5. The summed E-state index contributed by atoms with van der Waals surface area (Å²) in [4.78, 5) is 2.53. The third-order valence-corrected chi connectivity index (χ3v) is 3.88. The summed E-state index contributed by atoms with van der Waals surface area (Å²) in [5.41, 5.74) is 0.942. The number of halogens is 1. The maximum absolute atomic E-state index is 13.4. The standard InChI is InChI=1S/C16H25FN2O/c1-3-9-19-10-4-5-13(8-11-19)18-14-6-7-15(17)16(12-14)20-2/h6-7,12-13,18H,3-5,8-11H2,1-2H3. The molecule has 1 unspecified atom stereocenters. The lowest BCUT2D eigenvalue weighted by molar-refractivity contribution is 0.285. The molecule has 2 rings (SSSR count). The molecule has 20 heavy (non-hydrogen) atoms. The van der Waals surface area contributed by atoms with Crippen LogP contribution in [0.25, 0.3) is 0 Å². The van der Waals surface area contributed by atoms with Crippen LogP contribution in [0.3, 0.4) is 0 Å². The molecule has 1 aliphatic heterocycles. The van der Waals surface area contributed by atoms with Gasteiger partial charge in [0, 0.05) is 24.3 Å². The molecule has 1 heterocycles. The van der Waals surface area contributed by atoms with Gasteiger partial charge in [0.05, 0.1) is 7.11 Å². The molecule has 112 valence electrons. The predicted octanol–water partition coefficient (Wildman–Crippen LogP) is 3.51. The van der Waals surface area contributed by atoms with Crippen molar-refractivity contribution in [2.45, 2.75) is 38.6 Å². The van der Waals surface area contributed by atoms with Crippen LogP contribution in [0.1, 0.15) is 32.6 Å². The number of hydrogen-bond donors (Lipinski definition) is 1. The van der Waals surface area contributed by atoms with E-state index in [2.05, 4.69) is 17.1 Å². The van der Waals surface area contributed by atoms with E-state index in [1.165, 1.54) is 45.5 Å². The monoisotopic (exact) mass is 280 g/mol. The van der Waals surface area contributed by atoms with Crippen LogP contribution in [0.5, 0.6) is 5.75 Å². The Hall–Kier alpha value is -1.29. The van der Waals surface area contributed by atoms with Crippen LogP contribution in [0, 0.1) is 5.82 Å². The maximum atomic E-state index is 13.4. The molecule has 1 aromatic carbocycles. The Bertz CT molecular complexity index is 425. The van der Waals surface area contributed by atoms with E-state index < -0.39 is 0 Å². The lowest BCUT2D eigenvalue weighted by Gasteiger charge is -2.20. The van der Waals surface area contributed by atoms with Gasteiger partial charge in [-0.1, -0.05) is 6.92 Å². The van der Waals surface area contributed by atoms with Crippen molar-refractivity contribution < 1.29 is 9.13 Å². The lowest BCUT2D eigenvalue weighted by Crippen LogP contribution is -2.27. The fourth-order valence-electron chi connectivity index (χ4n) is 2.83. The van der Waals surface area contributed by atoms with Crippen LogP contribution in [0.2, 0.25) is 0 Å². The third kappa shape index (κ3) is 4.10. The second-order valence-electron chi connectivity index (χ2n) is 5.46. The molecular formula is C16H25FN2O. The lowest BCUT2D eigenvalue weighted by atomic mass is 10.1. The number of ether oxygens (including phenoxy) is 1. The Kier molecular flexibility index (Phi) is 5.65. The minimum Gasteiger partial charge on any atom is -0.494 e. The van der Waals surface area contributed by atoms with E-state index in [-0.39, 0.29) is 5.82 Å². The molecule has 0 aromatic heterocycles. The Morgan fingerprint density at radius 1 is 1.35 bits per heavy atom. The molecule has 3 nitrogen and oxygen atoms in total. The van der Waals surface area contributed by atoms with Crippen LogP contribution in [0.15, 0.2) is 18.2 Å². The molecule has 0 radical (unpaired) electrons. The zero-order chi connectivity index (χ0) is 14.4. The first-order valence-corrected chi connectivity index (χ1v) is 7.55. The number of anilines is 1. The molecule has 0 saturated carbocycles. The van der Waals surface area contributed by atoms with Crippen LogP contribution in [-0.4, -0.2) is 37.7 Å². The van der Waals surface area contributed by atoms with Gasteiger partial charge >= 0.3 is 0 Å². The number of hydrogen-bond acceptors (Lipinski definition) is 3. The van der Waals surface area contributed by atoms with E-state index in [9.17, 15) is 4.39 Å². The van der Waals surface area contributed by atoms with Gasteiger partial charge in [0.25, 0.3) is 0 Å². The van der Waals surface area contributed by atoms with Crippen molar-refractivity contribution in [2.75, 3.05) is 32.1 Å². The number of benzene rings is 1. The van der Waals surface area contributed by atoms with Gasteiger partial charge in [-0.05, 0) is 50.9 Å². The minimum atomic E-state index is -0.312. The van der Waals surface area contributed by atoms with Crippen molar-refractivity contribution in [3.8, 4) is 5.75 Å². The molecule has 1 fully saturated rings. The van der Waals surface area contributed by atoms with Crippen molar-refractivity contribution >= 4 is 5.69 Å². The van der Waals surface area contributed by atoms with Crippen LogP contribution in [0.4, 0.5) is 10.1 Å². The summed E-state index contributed by atoms with van der Waals surface area (Å²) in [5, 5.41) is 3.51. The summed E-state index contributed by atoms with van der Waals surface area (Å²) in [6, 6.07) is 5.45. The second-order valence-corrected chi connectivity index (χ2v) is 5.46. The smallest absolute Gasteiger partial charge is 0.165 e. The summed E-state index contributed by atoms with van der Waals surface area (Å²) < 4.78 is 18.4. The SMILES string of the molecule is CCCN1CCCC(Nc2ccc(F)c(OC)c2)CC1. The van der Waals surface area contributed by atoms with E-state index in [1.807, 2.05) is 0 Å². The molecule has 1 aromatic rings. The summed E-state index contributed by atoms with van der Waals surface area (Å²) >= 11 is 0. The van der Waals surface area contributed by atoms with Crippen molar-refractivity contribution in [3.05, 3.63) is 24.0 Å². The summed E-state index contributed by atoms with van der Waals surface area (Å²) in [6.45, 7) is 5.76. The summed E-state index contributed by atoms with van der Waals surface area (Å²) in [7, 11) is 1.50. The molecule has 0 aliphatic carbocycles. The molecule has 1 saturated heterocycles. The van der Waals surface area contributed by atoms with Gasteiger partial charge in [0.2, 0.25) is 0 Å². The fraction of sp³-hybridized carbons (Fsp3) is 0.625. The van der Waals surface area contributed by atoms with Crippen molar-refractivity contribution in [3.63, 3.8) is 0 Å². The Morgan fingerprint density at radius 2 is 2.20 bits per heavy atom. The molecule has 1 aliphatic rings. The highest BCUT2D eigenvalue weighted by Crippen LogP contribution is 2.23. The van der Waals surface area contributed by atoms with E-state index in [4.69, 9.17) is 4.74 Å². The second kappa shape index (κ2) is 7.48. The topological polar surface area (TPSA) is 24.5 Å². The van der Waals surface area contributed by atoms with E-state index >= 15 is 0 Å². The predicted molar refractivity (Wildman–Crippen MR) is 80.9 cm³/mol. The normalized spacial score (nSPS) is 20.4. The summed E-state index contributed by atoms with van der Waals surface area (Å²) in [6.07, 6.45) is 4.74. The molecule has 1 atom stereocenters. The van der Waals surface area contributed by atoms with Gasteiger partial charge in [-0.2, -0.15) is 0 Å². The average Bonchev–Trinajstić information content (AvgIpc) is 2.67. The van der Waals surface area contributed by atoms with Gasteiger partial charge in [-0.15, -0.1) is 0 Å². The van der Waals surface area contributed by atoms with Crippen molar-refractivity contribution in [1.29, 1.82) is 0 Å². The van der Waals surface area contributed by atoms with Gasteiger partial charge in [0.15, 0.2) is 11.6 Å². The molecule has 0 bridgehead atoms. The number of nitrogens with one attached hydrogen (secondary N) is 1. The van der Waals surface area contributed by atoms with Crippen LogP contribution >= 0.6 is 0 Å². The molecule has 1 N–H and O–H groups in total. The van der Waals surface area contributed by atoms with Crippen molar-refractivity contribution in [1.82, 2.24) is 4.90 Å².